The smallest absolute Gasteiger partial charge is 0.252 e. The van der Waals surface area contributed by atoms with Gasteiger partial charge in [-0.05, 0) is 279 Å². The number of ether oxygens (including phenoxy) is 3. The first-order valence-corrected chi connectivity index (χ1v) is 41.4. The van der Waals surface area contributed by atoms with Crippen LogP contribution in [0.25, 0.3) is 0 Å². The predicted molar refractivity (Wildman–Crippen MR) is 409 cm³/mol. The molecule has 12 aliphatic heterocycles. The summed E-state index contributed by atoms with van der Waals surface area (Å²) >= 11 is 0. The molecule has 0 radical (unpaired) electrons. The van der Waals surface area contributed by atoms with Gasteiger partial charge in [-0.3, -0.25) is 34.3 Å². The molecule has 100 heavy (non-hydrogen) atoms. The lowest BCUT2D eigenvalue weighted by molar-refractivity contribution is -0.121. The Bertz CT molecular complexity index is 2290. The summed E-state index contributed by atoms with van der Waals surface area (Å²) in [6.07, 6.45) is 21.2. The number of aliphatic hydroxyl groups excluding tert-OH is 1. The van der Waals surface area contributed by atoms with Crippen molar-refractivity contribution in [1.29, 1.82) is 0 Å². The summed E-state index contributed by atoms with van der Waals surface area (Å²) in [6.45, 7) is 68.4. The van der Waals surface area contributed by atoms with Gasteiger partial charge in [-0.25, -0.2) is 17.6 Å². The average molecular weight is 1420 g/mol. The normalized spacial score (nSPS) is 33.7. The van der Waals surface area contributed by atoms with Crippen LogP contribution in [0, 0.1) is 35.0 Å². The minimum atomic E-state index is -2.38. The number of halogens is 4. The maximum Gasteiger partial charge on any atom is 0.252 e. The van der Waals surface area contributed by atoms with Crippen molar-refractivity contribution in [1.82, 2.24) is 44.1 Å². The number of methoxy groups -OCH3 is 1. The summed E-state index contributed by atoms with van der Waals surface area (Å²) in [7, 11) is 1.79. The van der Waals surface area contributed by atoms with Crippen molar-refractivity contribution in [2.75, 3.05) is 112 Å². The third kappa shape index (κ3) is 23.9. The third-order valence-corrected chi connectivity index (χ3v) is 26.4. The number of nitrogens with zero attached hydrogens (tertiary/aromatic N) is 9. The zero-order valence-corrected chi connectivity index (χ0v) is 69.1. The van der Waals surface area contributed by atoms with E-state index < -0.39 is 11.8 Å². The highest BCUT2D eigenvalue weighted by atomic mass is 19.3. The lowest BCUT2D eigenvalue weighted by Crippen LogP contribution is -2.63. The van der Waals surface area contributed by atoms with Gasteiger partial charge < -0.3 is 29.1 Å². The zero-order valence-electron chi connectivity index (χ0n) is 69.1. The maximum atomic E-state index is 13.3. The molecule has 3 aliphatic carbocycles. The van der Waals surface area contributed by atoms with E-state index in [4.69, 9.17) is 19.3 Å². The van der Waals surface area contributed by atoms with E-state index in [1.807, 2.05) is 0 Å². The van der Waals surface area contributed by atoms with E-state index in [1.54, 1.807) is 7.11 Å². The Morgan fingerprint density at radius 1 is 0.480 bits per heavy atom. The molecule has 0 amide bonds. The first-order valence-electron chi connectivity index (χ1n) is 41.4. The SMILES string of the molecule is CC(C)(C)N1C2CCC1CC2.CC(C)(C)N1CC(O)C1.CC(C)N1CC2(CCC2)C1.CC(C)N1CC2(CCCO2)C1.CC(C)N1CC2CCOC2C1.CC(C)N1C[C@@H]2CC(F)(F)C[C@@H]2C1.CC(C)N1C[C@H]2CCC(F)(F)[C@H]2C1.CC(C)N1[C@H](C)CC[C@@H]1C.COCC1CCCN1C(C)(C)C. The number of hydrogen-bond donors (Lipinski definition) is 1. The Labute approximate surface area is 612 Å². The summed E-state index contributed by atoms with van der Waals surface area (Å²) in [6, 6.07) is 7.98. The number of likely N-dealkylation sites (tertiary alicyclic amines) is 8. The summed E-state index contributed by atoms with van der Waals surface area (Å²) in [5.41, 5.74) is 2.09. The van der Waals surface area contributed by atoms with Crippen LogP contribution in [-0.4, -0.2) is 274 Å². The van der Waals surface area contributed by atoms with Crippen LogP contribution in [0.4, 0.5) is 17.6 Å². The molecule has 588 valence electrons. The van der Waals surface area contributed by atoms with Gasteiger partial charge in [0.1, 0.15) is 0 Å². The van der Waals surface area contributed by atoms with Gasteiger partial charge in [-0.1, -0.05) is 6.42 Å². The second kappa shape index (κ2) is 36.6. The lowest BCUT2D eigenvalue weighted by Gasteiger charge is -2.57. The van der Waals surface area contributed by atoms with Crippen molar-refractivity contribution in [2.24, 2.45) is 35.0 Å². The number of hydrogen-bond acceptors (Lipinski definition) is 13. The molecule has 3 unspecified atom stereocenters. The quantitative estimate of drug-likeness (QED) is 0.235. The van der Waals surface area contributed by atoms with Crippen LogP contribution in [0.3, 0.4) is 0 Å². The lowest BCUT2D eigenvalue weighted by atomic mass is 9.63. The number of fused-ring (bicyclic) bond motifs is 5. The summed E-state index contributed by atoms with van der Waals surface area (Å²) in [4.78, 5) is 22.3. The Balaban J connectivity index is 0.000000158. The van der Waals surface area contributed by atoms with Gasteiger partial charge in [0.25, 0.3) is 5.92 Å². The van der Waals surface area contributed by atoms with E-state index in [-0.39, 0.29) is 54.6 Å². The Hall–Kier alpha value is -0.800. The highest BCUT2D eigenvalue weighted by Crippen LogP contribution is 2.51. The maximum absolute atomic E-state index is 13.3. The van der Waals surface area contributed by atoms with E-state index in [1.165, 1.54) is 136 Å². The molecule has 17 heteroatoms. The Morgan fingerprint density at radius 3 is 1.35 bits per heavy atom. The summed E-state index contributed by atoms with van der Waals surface area (Å²) < 4.78 is 69.1. The van der Waals surface area contributed by atoms with Crippen LogP contribution in [0.5, 0.6) is 0 Å². The van der Waals surface area contributed by atoms with E-state index in [9.17, 15) is 17.6 Å². The van der Waals surface area contributed by atoms with Crippen LogP contribution in [-0.2, 0) is 14.2 Å². The highest BCUT2D eigenvalue weighted by molar-refractivity contribution is 5.04. The van der Waals surface area contributed by atoms with Crippen LogP contribution < -0.4 is 0 Å². The molecular weight excluding hydrogens is 1260 g/mol. The molecule has 12 heterocycles. The predicted octanol–water partition coefficient (Wildman–Crippen LogP) is 16.0. The van der Waals surface area contributed by atoms with Gasteiger partial charge in [0, 0.05) is 213 Å². The molecule has 13 nitrogen and oxygen atoms in total. The molecule has 0 aromatic heterocycles. The second-order valence-corrected chi connectivity index (χ2v) is 39.2. The Kier molecular flexibility index (Phi) is 31.6. The molecule has 2 spiro atoms. The standard InChI is InChI=1S/2C10H17F2N.C10H21NO.C10H19N.2C9H17NO.C9H17N.C9H19N.C7H15NO/c1-7(2)13-5-8-3-10(11,12)4-9(8)6-13;1-7(2)13-5-8-3-4-10(11,12)9(8)6-13;1-10(2,3)11-7-5-6-9(11)8-12-4;1-10(2,3)11-8-4-5-9(11)7-6-8;1-7(2)10-5-8-3-4-11-9(8)6-10;1-8(2)10-6-9(7-10)4-3-5-11-9;1-8(2)10-6-9(7-10)4-3-5-9;1-7(2)10-8(3)5-6-9(10)4;1-7(2,3)8-4-6(9)5-8/h2*7-9H,3-6H2,1-2H3;9H,5-8H2,1-4H3;8-9H,4-7H2,1-3H3;7-9H,3-6H2,1-2H3;8H,3-7H2,1-2H3;8H,3-7H2,1-2H3;7-9H,5-6H2,1-4H3;6,9H,4-5H2,1-3H3/t2*8-,9+;;;;;;8-,9+;/m.1......./s1. The van der Waals surface area contributed by atoms with E-state index in [0.29, 0.717) is 59.5 Å². The van der Waals surface area contributed by atoms with Crippen molar-refractivity contribution in [2.45, 2.75) is 388 Å². The molecule has 2 bridgehead atoms. The van der Waals surface area contributed by atoms with Gasteiger partial charge in [0.15, 0.2) is 0 Å². The van der Waals surface area contributed by atoms with Crippen LogP contribution in [0.2, 0.25) is 0 Å². The molecule has 15 rings (SSSR count). The van der Waals surface area contributed by atoms with Gasteiger partial charge in [0.2, 0.25) is 5.92 Å². The van der Waals surface area contributed by atoms with Gasteiger partial charge >= 0.3 is 0 Å². The molecule has 3 saturated carbocycles. The molecule has 15 fully saturated rings. The molecular formula is C83H159F4N9O4. The summed E-state index contributed by atoms with van der Waals surface area (Å²) in [5.74, 6) is -3.47. The number of aliphatic hydroxyl groups is 1. The zero-order chi connectivity index (χ0) is 74.3. The van der Waals surface area contributed by atoms with Gasteiger partial charge in [-0.15, -0.1) is 0 Å². The van der Waals surface area contributed by atoms with E-state index in [0.717, 1.165) is 107 Å². The fourth-order valence-electron chi connectivity index (χ4n) is 20.1. The molecule has 0 aromatic rings. The van der Waals surface area contributed by atoms with Crippen LogP contribution in [0.1, 0.15) is 275 Å². The largest absolute Gasteiger partial charge is 0.390 e. The first kappa shape index (κ1) is 86.4. The number of β-amino-alcohol motifs (C(OH)–C–C–N with tert-alkyl or cyclic N) is 1. The topological polar surface area (TPSA) is 77.1 Å². The fourth-order valence-corrected chi connectivity index (χ4v) is 20.1. The minimum absolute atomic E-state index is 0.0655. The first-order chi connectivity index (χ1) is 46.5. The minimum Gasteiger partial charge on any atom is -0.390 e. The molecule has 0 aromatic carbocycles. The number of alkyl halides is 4. The third-order valence-electron chi connectivity index (χ3n) is 26.4. The molecule has 1 N–H and O–H groups in total. The van der Waals surface area contributed by atoms with Crippen molar-refractivity contribution < 1.29 is 36.9 Å². The van der Waals surface area contributed by atoms with Crippen molar-refractivity contribution >= 4 is 0 Å². The average Bonchev–Trinajstić information content (AvgIpc) is 1.30. The van der Waals surface area contributed by atoms with Gasteiger partial charge in [-0.2, -0.15) is 0 Å². The van der Waals surface area contributed by atoms with Crippen molar-refractivity contribution in [3.8, 4) is 0 Å². The van der Waals surface area contributed by atoms with Crippen molar-refractivity contribution in [3.63, 3.8) is 0 Å². The monoisotopic (exact) mass is 1420 g/mol. The summed E-state index contributed by atoms with van der Waals surface area (Å²) in [5, 5.41) is 8.94. The highest BCUT2D eigenvalue weighted by Gasteiger charge is 2.55. The van der Waals surface area contributed by atoms with E-state index in [2.05, 4.69) is 203 Å². The van der Waals surface area contributed by atoms with E-state index >= 15 is 0 Å². The molecule has 12 saturated heterocycles. The Morgan fingerprint density at radius 2 is 0.970 bits per heavy atom. The molecule has 15 aliphatic rings. The fraction of sp³-hybridized carbons (Fsp3) is 1.00. The van der Waals surface area contributed by atoms with Gasteiger partial charge in [0.05, 0.1) is 24.4 Å². The van der Waals surface area contributed by atoms with Crippen molar-refractivity contribution in [3.05, 3.63) is 0 Å². The molecule has 9 atom stereocenters. The van der Waals surface area contributed by atoms with Crippen LogP contribution >= 0.6 is 0 Å². The second-order valence-electron chi connectivity index (χ2n) is 39.2. The number of rotatable bonds is 8. The van der Waals surface area contributed by atoms with Crippen LogP contribution in [0.15, 0.2) is 0 Å².